The third-order valence-corrected chi connectivity index (χ3v) is 11.8. The summed E-state index contributed by atoms with van der Waals surface area (Å²) in [4.78, 5) is 55.3. The largest absolute Gasteiger partial charge is 0.508 e. The molecule has 1 aromatic heterocycles. The van der Waals surface area contributed by atoms with Gasteiger partial charge in [-0.2, -0.15) is 0 Å². The summed E-state index contributed by atoms with van der Waals surface area (Å²) in [6.07, 6.45) is 6.34. The van der Waals surface area contributed by atoms with Crippen LogP contribution in [0.2, 0.25) is 0 Å². The van der Waals surface area contributed by atoms with Gasteiger partial charge in [0.1, 0.15) is 5.00 Å². The van der Waals surface area contributed by atoms with Crippen molar-refractivity contribution in [2.75, 3.05) is 30.5 Å². The zero-order valence-corrected chi connectivity index (χ0v) is 33.2. The molecule has 2 N–H and O–H groups in total. The molecule has 0 saturated carbocycles. The highest BCUT2D eigenvalue weighted by molar-refractivity contribution is 7.39. The molecule has 1 aliphatic carbocycles. The van der Waals surface area contributed by atoms with Crippen LogP contribution in [0.1, 0.15) is 105 Å². The SMILES string of the molecule is CCO[P+](=O)CCCC(=O)N(Cc1cccc(C(=O)Nc2sc3c(c2C(=O)Nc2ccc(CCc4ccc(C(=O)OC)cc4)cc2)CCCC3)c1)C(C)C. The van der Waals surface area contributed by atoms with Crippen molar-refractivity contribution in [1.29, 1.82) is 0 Å². The summed E-state index contributed by atoms with van der Waals surface area (Å²) in [6.45, 7) is 6.40. The van der Waals surface area contributed by atoms with Crippen LogP contribution in [-0.4, -0.2) is 54.5 Å². The third-order valence-electron chi connectivity index (χ3n) is 9.40. The topological polar surface area (TPSA) is 131 Å². The summed E-state index contributed by atoms with van der Waals surface area (Å²) >= 11 is 1.47. The van der Waals surface area contributed by atoms with E-state index in [1.54, 1.807) is 42.2 Å². The van der Waals surface area contributed by atoms with Gasteiger partial charge in [-0.1, -0.05) is 36.4 Å². The van der Waals surface area contributed by atoms with Gasteiger partial charge < -0.3 is 20.3 Å². The lowest BCUT2D eigenvalue weighted by Gasteiger charge is -2.27. The fourth-order valence-electron chi connectivity index (χ4n) is 6.51. The van der Waals surface area contributed by atoms with Crippen LogP contribution in [0.4, 0.5) is 10.7 Å². The maximum atomic E-state index is 13.9. The van der Waals surface area contributed by atoms with E-state index in [1.165, 1.54) is 18.4 Å². The van der Waals surface area contributed by atoms with Gasteiger partial charge in [0.25, 0.3) is 11.8 Å². The van der Waals surface area contributed by atoms with E-state index in [9.17, 15) is 23.7 Å². The second kappa shape index (κ2) is 19.6. The minimum atomic E-state index is -1.76. The van der Waals surface area contributed by atoms with E-state index >= 15 is 0 Å². The fourth-order valence-corrected chi connectivity index (χ4v) is 8.62. The van der Waals surface area contributed by atoms with E-state index in [0.29, 0.717) is 53.1 Å². The van der Waals surface area contributed by atoms with E-state index in [-0.39, 0.29) is 36.2 Å². The fraction of sp³-hybridized carbons (Fsp3) is 0.381. The summed E-state index contributed by atoms with van der Waals surface area (Å²) < 4.78 is 21.8. The molecular weight excluding hydrogens is 722 g/mol. The molecule has 12 heteroatoms. The molecule has 54 heavy (non-hydrogen) atoms. The average Bonchev–Trinajstić information content (AvgIpc) is 3.54. The number of anilines is 2. The Hall–Kier alpha value is -4.70. The number of rotatable bonds is 17. The Kier molecular flexibility index (Phi) is 14.7. The average molecular weight is 771 g/mol. The number of esters is 1. The van der Waals surface area contributed by atoms with Crippen LogP contribution in [0.15, 0.2) is 72.8 Å². The van der Waals surface area contributed by atoms with Crippen LogP contribution in [0, 0.1) is 0 Å². The molecule has 4 aromatic rings. The molecule has 3 amide bonds. The Morgan fingerprint density at radius 3 is 2.20 bits per heavy atom. The second-order valence-electron chi connectivity index (χ2n) is 13.6. The molecule has 1 heterocycles. The van der Waals surface area contributed by atoms with Crippen molar-refractivity contribution in [2.45, 2.75) is 84.7 Å². The number of carbonyl (C=O) groups is 4. The number of methoxy groups -OCH3 is 1. The lowest BCUT2D eigenvalue weighted by molar-refractivity contribution is -0.133. The smallest absolute Gasteiger partial charge is 0.465 e. The van der Waals surface area contributed by atoms with E-state index in [2.05, 4.69) is 10.6 Å². The molecule has 1 aliphatic rings. The van der Waals surface area contributed by atoms with E-state index in [0.717, 1.165) is 65.7 Å². The molecule has 0 bridgehead atoms. The number of nitrogens with zero attached hydrogens (tertiary/aromatic N) is 1. The summed E-state index contributed by atoms with van der Waals surface area (Å²) in [5, 5.41) is 6.65. The van der Waals surface area contributed by atoms with Crippen molar-refractivity contribution in [3.05, 3.63) is 117 Å². The van der Waals surface area contributed by atoms with Gasteiger partial charge in [0.05, 0.1) is 24.8 Å². The van der Waals surface area contributed by atoms with Gasteiger partial charge >= 0.3 is 14.0 Å². The van der Waals surface area contributed by atoms with Gasteiger partial charge in [-0.25, -0.2) is 4.79 Å². The second-order valence-corrected chi connectivity index (χ2v) is 16.1. The molecule has 284 valence electrons. The number of thiophene rings is 1. The Morgan fingerprint density at radius 2 is 1.54 bits per heavy atom. The highest BCUT2D eigenvalue weighted by Crippen LogP contribution is 2.39. The number of aryl methyl sites for hydroxylation is 3. The van der Waals surface area contributed by atoms with Gasteiger partial charge in [-0.3, -0.25) is 14.4 Å². The monoisotopic (exact) mass is 770 g/mol. The summed E-state index contributed by atoms with van der Waals surface area (Å²) in [7, 11) is -0.391. The number of amides is 3. The highest BCUT2D eigenvalue weighted by Gasteiger charge is 2.27. The van der Waals surface area contributed by atoms with Crippen LogP contribution < -0.4 is 10.6 Å². The first-order chi connectivity index (χ1) is 26.1. The first kappa shape index (κ1) is 40.5. The first-order valence-corrected chi connectivity index (χ1v) is 20.7. The predicted octanol–water partition coefficient (Wildman–Crippen LogP) is 9.00. The number of nitrogens with one attached hydrogen (secondary N) is 2. The number of carbonyl (C=O) groups excluding carboxylic acids is 4. The minimum Gasteiger partial charge on any atom is -0.465 e. The Balaban J connectivity index is 1.23. The Labute approximate surface area is 322 Å². The van der Waals surface area contributed by atoms with Crippen molar-refractivity contribution in [3.8, 4) is 0 Å². The molecule has 0 fully saturated rings. The normalized spacial score (nSPS) is 12.5. The lowest BCUT2D eigenvalue weighted by Crippen LogP contribution is -2.36. The molecule has 0 saturated heterocycles. The van der Waals surface area contributed by atoms with Gasteiger partial charge in [0.2, 0.25) is 5.91 Å². The van der Waals surface area contributed by atoms with E-state index in [1.807, 2.05) is 56.3 Å². The molecule has 1 unspecified atom stereocenters. The molecule has 3 aromatic carbocycles. The summed E-state index contributed by atoms with van der Waals surface area (Å²) in [5.74, 6) is -0.979. The molecule has 0 spiro atoms. The van der Waals surface area contributed by atoms with Crippen molar-refractivity contribution in [1.82, 2.24) is 4.90 Å². The number of fused-ring (bicyclic) bond motifs is 1. The highest BCUT2D eigenvalue weighted by atomic mass is 32.1. The first-order valence-electron chi connectivity index (χ1n) is 18.6. The molecule has 5 rings (SSSR count). The Morgan fingerprint density at radius 1 is 0.852 bits per heavy atom. The standard InChI is InChI=1S/C42H48N3O7PS/c1-5-52-53(50)25-9-14-37(46)45(28(2)3)27-31-10-8-11-33(26-31)39(47)44-41-38(35-12-6-7-13-36(35)54-41)40(48)43-34-23-19-30(20-24-34)16-15-29-17-21-32(22-18-29)42(49)51-4/h8,10-11,17-24,26,28H,5-7,9,12-16,25,27H2,1-4H3,(H-,43,44,47,48)/p+1. The molecule has 10 nitrogen and oxygen atoms in total. The summed E-state index contributed by atoms with van der Waals surface area (Å²) in [6, 6.07) is 22.3. The molecule has 0 radical (unpaired) electrons. The quantitative estimate of drug-likeness (QED) is 0.0810. The van der Waals surface area contributed by atoms with Crippen molar-refractivity contribution < 1.29 is 33.0 Å². The van der Waals surface area contributed by atoms with Crippen LogP contribution in [0.5, 0.6) is 0 Å². The van der Waals surface area contributed by atoms with Crippen LogP contribution >= 0.6 is 19.4 Å². The van der Waals surface area contributed by atoms with Gasteiger partial charge in [0, 0.05) is 41.6 Å². The van der Waals surface area contributed by atoms with Gasteiger partial charge in [-0.05, 0) is 123 Å². The molecule has 1 atom stereocenters. The molecular formula is C42H49N3O7PS+. The zero-order valence-electron chi connectivity index (χ0n) is 31.4. The number of hydrogen-bond acceptors (Lipinski definition) is 8. The number of benzene rings is 3. The van der Waals surface area contributed by atoms with Crippen LogP contribution in [0.25, 0.3) is 0 Å². The number of hydrogen-bond donors (Lipinski definition) is 2. The van der Waals surface area contributed by atoms with E-state index < -0.39 is 8.03 Å². The predicted molar refractivity (Wildman–Crippen MR) is 214 cm³/mol. The third kappa shape index (κ3) is 10.9. The summed E-state index contributed by atoms with van der Waals surface area (Å²) in [5.41, 5.74) is 6.17. The van der Waals surface area contributed by atoms with Crippen molar-refractivity contribution in [2.24, 2.45) is 0 Å². The maximum absolute atomic E-state index is 13.9. The van der Waals surface area contributed by atoms with Crippen LogP contribution in [0.3, 0.4) is 0 Å². The minimum absolute atomic E-state index is 0.0434. The van der Waals surface area contributed by atoms with Crippen molar-refractivity contribution >= 4 is 53.7 Å². The Bertz CT molecular complexity index is 1960. The van der Waals surface area contributed by atoms with Crippen molar-refractivity contribution in [3.63, 3.8) is 0 Å². The maximum Gasteiger partial charge on any atom is 0.508 e. The zero-order chi connectivity index (χ0) is 38.6. The van der Waals surface area contributed by atoms with Gasteiger partial charge in [0.15, 0.2) is 6.16 Å². The van der Waals surface area contributed by atoms with E-state index in [4.69, 9.17) is 9.26 Å². The van der Waals surface area contributed by atoms with Gasteiger partial charge in [-0.15, -0.1) is 15.9 Å². The molecule has 0 aliphatic heterocycles. The van der Waals surface area contributed by atoms with Crippen LogP contribution in [-0.2, 0) is 50.8 Å². The number of ether oxygens (including phenoxy) is 1. The lowest BCUT2D eigenvalue weighted by atomic mass is 9.95.